The Hall–Kier alpha value is -1.09. The van der Waals surface area contributed by atoms with Gasteiger partial charge in [-0.2, -0.15) is 0 Å². The Bertz CT molecular complexity index is 384. The molecule has 0 unspecified atom stereocenters. The van der Waals surface area contributed by atoms with Crippen molar-refractivity contribution in [2.75, 3.05) is 0 Å². The van der Waals surface area contributed by atoms with Gasteiger partial charge in [-0.3, -0.25) is 4.79 Å². The van der Waals surface area contributed by atoms with Crippen LogP contribution in [0.15, 0.2) is 6.07 Å². The van der Waals surface area contributed by atoms with Crippen LogP contribution in [-0.2, 0) is 0 Å². The molecule has 0 radical (unpaired) electrons. The number of amides is 1. The highest BCUT2D eigenvalue weighted by Crippen LogP contribution is 2.01. The van der Waals surface area contributed by atoms with E-state index < -0.39 is 0 Å². The van der Waals surface area contributed by atoms with Crippen molar-refractivity contribution in [3.05, 3.63) is 20.7 Å². The molecule has 0 spiro atoms. The van der Waals surface area contributed by atoms with Crippen LogP contribution in [0.3, 0.4) is 0 Å². The van der Waals surface area contributed by atoms with E-state index in [2.05, 4.69) is 12.2 Å². The third-order valence-electron chi connectivity index (χ3n) is 1.67. The van der Waals surface area contributed by atoms with Gasteiger partial charge in [-0.25, -0.2) is 0 Å². The molecule has 0 fully saturated rings. The summed E-state index contributed by atoms with van der Waals surface area (Å²) < 4.78 is 1.18. The summed E-state index contributed by atoms with van der Waals surface area (Å²) in [6, 6.07) is 1.85. The Morgan fingerprint density at radius 1 is 1.55 bits per heavy atom. The van der Waals surface area contributed by atoms with Crippen LogP contribution in [0, 0.1) is 0 Å². The minimum absolute atomic E-state index is 0.328. The van der Waals surface area contributed by atoms with E-state index in [-0.39, 0.29) is 5.91 Å². The van der Waals surface area contributed by atoms with Crippen LogP contribution < -0.4 is 15.5 Å². The lowest BCUT2D eigenvalue weighted by molar-refractivity contribution is 0.100. The molecular weight excluding hydrogens is 158 g/mol. The maximum Gasteiger partial charge on any atom is 0.258 e. The number of carbonyl (C=O) groups is 1. The fraction of sp³-hybridized carbons (Fsp3) is 0.125. The number of fused-ring (bicyclic) bond motifs is 1. The quantitative estimate of drug-likeness (QED) is 0.616. The first kappa shape index (κ1) is 6.61. The molecule has 1 aliphatic rings. The molecule has 56 valence electrons. The van der Waals surface area contributed by atoms with Crippen LogP contribution in [0.25, 0.3) is 12.2 Å². The second-order valence-corrected chi connectivity index (χ2v) is 3.52. The Morgan fingerprint density at radius 3 is 3.00 bits per heavy atom. The van der Waals surface area contributed by atoms with Crippen LogP contribution in [0.2, 0.25) is 0 Å². The number of rotatable bonds is 1. The van der Waals surface area contributed by atoms with E-state index in [4.69, 9.17) is 5.73 Å². The zero-order valence-corrected chi connectivity index (χ0v) is 6.65. The smallest absolute Gasteiger partial charge is 0.258 e. The lowest BCUT2D eigenvalue weighted by Crippen LogP contribution is -2.12. The molecule has 0 bridgehead atoms. The van der Waals surface area contributed by atoms with E-state index in [0.29, 0.717) is 4.88 Å². The van der Waals surface area contributed by atoms with E-state index in [1.165, 1.54) is 15.9 Å². The molecule has 1 aromatic heterocycles. The highest BCUT2D eigenvalue weighted by molar-refractivity contribution is 7.12. The Balaban J connectivity index is 2.69. The number of primary amides is 1. The van der Waals surface area contributed by atoms with Gasteiger partial charge < -0.3 is 5.73 Å². The average Bonchev–Trinajstić information content (AvgIpc) is 2.40. The SMILES string of the molecule is NC(=O)c1cc2c(s1)=CCC=2. The summed E-state index contributed by atoms with van der Waals surface area (Å²) in [7, 11) is 0. The Morgan fingerprint density at radius 2 is 2.36 bits per heavy atom. The van der Waals surface area contributed by atoms with Crippen LogP contribution in [0.5, 0.6) is 0 Å². The van der Waals surface area contributed by atoms with Gasteiger partial charge in [0, 0.05) is 4.53 Å². The molecule has 11 heavy (non-hydrogen) atoms. The van der Waals surface area contributed by atoms with Crippen molar-refractivity contribution in [3.63, 3.8) is 0 Å². The van der Waals surface area contributed by atoms with Crippen molar-refractivity contribution < 1.29 is 4.79 Å². The minimum atomic E-state index is -0.328. The zero-order chi connectivity index (χ0) is 7.84. The molecule has 2 rings (SSSR count). The topological polar surface area (TPSA) is 43.1 Å². The van der Waals surface area contributed by atoms with Gasteiger partial charge in [0.25, 0.3) is 5.91 Å². The third kappa shape index (κ3) is 0.973. The van der Waals surface area contributed by atoms with Crippen molar-refractivity contribution in [1.29, 1.82) is 0 Å². The summed E-state index contributed by atoms with van der Waals surface area (Å²) in [4.78, 5) is 11.4. The van der Waals surface area contributed by atoms with Crippen LogP contribution in [-0.4, -0.2) is 5.91 Å². The van der Waals surface area contributed by atoms with E-state index in [1.807, 2.05) is 6.07 Å². The second-order valence-electron chi connectivity index (χ2n) is 2.44. The molecule has 1 aromatic rings. The first-order chi connectivity index (χ1) is 5.27. The van der Waals surface area contributed by atoms with Crippen molar-refractivity contribution in [1.82, 2.24) is 0 Å². The molecule has 0 saturated heterocycles. The predicted molar refractivity (Wildman–Crippen MR) is 45.6 cm³/mol. The second kappa shape index (κ2) is 2.20. The lowest BCUT2D eigenvalue weighted by atomic mass is 10.4. The lowest BCUT2D eigenvalue weighted by Gasteiger charge is -1.82. The highest BCUT2D eigenvalue weighted by Gasteiger charge is 2.04. The molecule has 1 amide bonds. The summed E-state index contributed by atoms with van der Waals surface area (Å²) in [5.74, 6) is -0.328. The van der Waals surface area contributed by atoms with Gasteiger partial charge in [0.2, 0.25) is 0 Å². The molecule has 3 heteroatoms. The number of thiophene rings is 1. The normalized spacial score (nSPS) is 13.5. The molecule has 1 heterocycles. The maximum absolute atomic E-state index is 10.7. The van der Waals surface area contributed by atoms with Gasteiger partial charge in [-0.15, -0.1) is 11.3 Å². The summed E-state index contributed by atoms with van der Waals surface area (Å²) in [5, 5.41) is 1.16. The van der Waals surface area contributed by atoms with Gasteiger partial charge in [0.1, 0.15) is 0 Å². The first-order valence-corrected chi connectivity index (χ1v) is 4.19. The van der Waals surface area contributed by atoms with E-state index in [9.17, 15) is 4.79 Å². The number of carbonyl (C=O) groups excluding carboxylic acids is 1. The maximum atomic E-state index is 10.7. The summed E-state index contributed by atoms with van der Waals surface area (Å²) in [6.45, 7) is 0. The van der Waals surface area contributed by atoms with Crippen LogP contribution in [0.1, 0.15) is 16.1 Å². The number of hydrogen-bond donors (Lipinski definition) is 1. The monoisotopic (exact) mass is 165 g/mol. The Kier molecular flexibility index (Phi) is 1.32. The summed E-state index contributed by atoms with van der Waals surface area (Å²) in [5.41, 5.74) is 5.12. The molecule has 0 aromatic carbocycles. The van der Waals surface area contributed by atoms with Crippen molar-refractivity contribution in [3.8, 4) is 0 Å². The van der Waals surface area contributed by atoms with Crippen molar-refractivity contribution in [2.45, 2.75) is 6.42 Å². The highest BCUT2D eigenvalue weighted by atomic mass is 32.1. The van der Waals surface area contributed by atoms with Gasteiger partial charge >= 0.3 is 0 Å². The molecule has 0 aliphatic heterocycles. The van der Waals surface area contributed by atoms with Crippen molar-refractivity contribution >= 4 is 29.4 Å². The molecular formula is C8H7NOS. The van der Waals surface area contributed by atoms with E-state index >= 15 is 0 Å². The molecule has 2 N–H and O–H groups in total. The van der Waals surface area contributed by atoms with Gasteiger partial charge in [0.05, 0.1) is 4.88 Å². The fourth-order valence-corrected chi connectivity index (χ4v) is 2.12. The third-order valence-corrected chi connectivity index (χ3v) is 2.84. The summed E-state index contributed by atoms with van der Waals surface area (Å²) >= 11 is 1.47. The van der Waals surface area contributed by atoms with Gasteiger partial charge in [-0.05, 0) is 17.7 Å². The first-order valence-electron chi connectivity index (χ1n) is 3.37. The number of hydrogen-bond acceptors (Lipinski definition) is 2. The van der Waals surface area contributed by atoms with Crippen LogP contribution >= 0.6 is 11.3 Å². The Labute approximate surface area is 67.6 Å². The van der Waals surface area contributed by atoms with Crippen LogP contribution in [0.4, 0.5) is 0 Å². The summed E-state index contributed by atoms with van der Waals surface area (Å²) in [6.07, 6.45) is 5.19. The van der Waals surface area contributed by atoms with Crippen molar-refractivity contribution in [2.24, 2.45) is 5.73 Å². The largest absolute Gasteiger partial charge is 0.365 e. The van der Waals surface area contributed by atoms with E-state index in [1.54, 1.807) is 0 Å². The van der Waals surface area contributed by atoms with E-state index in [0.717, 1.165) is 11.6 Å². The zero-order valence-electron chi connectivity index (χ0n) is 5.83. The minimum Gasteiger partial charge on any atom is -0.365 e. The fourth-order valence-electron chi connectivity index (χ4n) is 1.15. The molecule has 2 nitrogen and oxygen atoms in total. The number of nitrogens with two attached hydrogens (primary N) is 1. The standard InChI is InChI=1S/C8H7NOS/c9-8(10)7-4-5-2-1-3-6(5)11-7/h2-4H,1H2,(H2,9,10). The molecule has 0 atom stereocenters. The van der Waals surface area contributed by atoms with Gasteiger partial charge in [-0.1, -0.05) is 12.2 Å². The molecule has 0 saturated carbocycles. The predicted octanol–water partition coefficient (Wildman–Crippen LogP) is -0.188. The average molecular weight is 165 g/mol. The molecule has 1 aliphatic carbocycles. The van der Waals surface area contributed by atoms with Gasteiger partial charge in [0.15, 0.2) is 0 Å².